The lowest BCUT2D eigenvalue weighted by atomic mass is 10.4. The monoisotopic (exact) mass is 244 g/mol. The third-order valence-corrected chi connectivity index (χ3v) is 1.000. The van der Waals surface area contributed by atoms with Crippen molar-refractivity contribution >= 4 is 0 Å². The molecule has 0 fully saturated rings. The number of rotatable bonds is 2. The number of unbranched alkanes of at least 4 members (excludes halogenated alkanes) is 2. The minimum Gasteiger partial charge on any atom is -0.0776 e. The van der Waals surface area contributed by atoms with Crippen molar-refractivity contribution in [2.45, 2.75) is 113 Å². The van der Waals surface area contributed by atoms with E-state index in [2.05, 4.69) is 27.7 Å². The summed E-state index contributed by atoms with van der Waals surface area (Å²) in [6, 6.07) is 0. The molecule has 116 valence electrons. The van der Waals surface area contributed by atoms with Crippen molar-refractivity contribution in [3.63, 3.8) is 0 Å². The lowest BCUT2D eigenvalue weighted by molar-refractivity contribution is 0.886. The predicted octanol–water partition coefficient (Wildman–Crippen LogP) is 8.70. The molecule has 0 N–H and O–H groups in total. The maximum absolute atomic E-state index is 2.18. The molecule has 0 nitrogen and oxygen atoms in total. The van der Waals surface area contributed by atoms with E-state index in [9.17, 15) is 0 Å². The summed E-state index contributed by atoms with van der Waals surface area (Å²) >= 11 is 0. The first kappa shape index (κ1) is 100. The molecule has 0 aliphatic rings. The Kier molecular flexibility index (Phi) is 1150. The summed E-state index contributed by atoms with van der Waals surface area (Å²) in [7, 11) is 0. The fraction of sp³-hybridized carbons (Fsp3) is 1.00. The summed E-state index contributed by atoms with van der Waals surface area (Å²) in [6.45, 7) is 8.72. The molecule has 0 aromatic heterocycles. The van der Waals surface area contributed by atoms with E-state index in [1.54, 1.807) is 0 Å². The molecule has 0 aliphatic heterocycles. The van der Waals surface area contributed by atoms with Crippen LogP contribution in [0.3, 0.4) is 0 Å². The molecule has 0 aromatic carbocycles. The molecule has 0 saturated carbocycles. The Bertz CT molecular complexity index is 8.00. The Labute approximate surface area is 113 Å². The van der Waals surface area contributed by atoms with Crippen LogP contribution in [0.25, 0.3) is 0 Å². The summed E-state index contributed by atoms with van der Waals surface area (Å²) in [5.41, 5.74) is 0. The summed E-state index contributed by atoms with van der Waals surface area (Å²) in [5.74, 6) is 0. The average Bonchev–Trinajstić information content (AvgIpc) is 1.88. The van der Waals surface area contributed by atoms with E-state index >= 15 is 0 Å². The zero-order chi connectivity index (χ0) is 6.83. The normalized spacial score (nSPS) is 3.75. The molecular formula is C16H52. The molecule has 0 rings (SSSR count). The van der Waals surface area contributed by atoms with Gasteiger partial charge < -0.3 is 0 Å². The minimum atomic E-state index is 0. The standard InChI is InChI=1S/2C4H10.8CH4/c2*1-3-4-2;;;;;;;;/h2*3-4H2,1-2H3;8*1H4. The minimum absolute atomic E-state index is 0. The SMILES string of the molecule is C.C.C.C.C.C.C.C.CCCC.CCCC. The lowest BCUT2D eigenvalue weighted by Crippen LogP contribution is -1.47. The van der Waals surface area contributed by atoms with Crippen LogP contribution in [-0.2, 0) is 0 Å². The second kappa shape index (κ2) is 184. The maximum atomic E-state index is 2.18. The van der Waals surface area contributed by atoms with Gasteiger partial charge in [0, 0.05) is 0 Å². The lowest BCUT2D eigenvalue weighted by Gasteiger charge is -1.68. The molecule has 0 heterocycles. The molecule has 0 atom stereocenters. The van der Waals surface area contributed by atoms with Crippen LogP contribution >= 0.6 is 0 Å². The van der Waals surface area contributed by atoms with Crippen LogP contribution < -0.4 is 0 Å². The molecule has 0 heteroatoms. The van der Waals surface area contributed by atoms with Crippen molar-refractivity contribution in [2.75, 3.05) is 0 Å². The highest BCUT2D eigenvalue weighted by atomic mass is 13.6. The van der Waals surface area contributed by atoms with Crippen LogP contribution in [0.5, 0.6) is 0 Å². The molecule has 0 aliphatic carbocycles. The summed E-state index contributed by atoms with van der Waals surface area (Å²) in [5, 5.41) is 0. The summed E-state index contributed by atoms with van der Waals surface area (Å²) < 4.78 is 0. The summed E-state index contributed by atoms with van der Waals surface area (Å²) in [6.07, 6.45) is 5.28. The van der Waals surface area contributed by atoms with Crippen LogP contribution in [0, 0.1) is 0 Å². The zero-order valence-corrected chi connectivity index (χ0v) is 6.83. The van der Waals surface area contributed by atoms with E-state index in [1.807, 2.05) is 0 Å². The highest BCUT2D eigenvalue weighted by Gasteiger charge is 1.56. The molecule has 0 bridgehead atoms. The smallest absolute Gasteiger partial charge is 0.0564 e. The van der Waals surface area contributed by atoms with E-state index in [0.717, 1.165) is 0 Å². The Balaban J connectivity index is -0.00000000375. The quantitative estimate of drug-likeness (QED) is 0.455. The van der Waals surface area contributed by atoms with Crippen molar-refractivity contribution in [3.05, 3.63) is 0 Å². The van der Waals surface area contributed by atoms with Crippen LogP contribution in [0.2, 0.25) is 0 Å². The highest BCUT2D eigenvalue weighted by molar-refractivity contribution is 4.13. The zero-order valence-electron chi connectivity index (χ0n) is 6.83. The second-order valence-corrected chi connectivity index (χ2v) is 2.00. The van der Waals surface area contributed by atoms with E-state index in [4.69, 9.17) is 0 Å². The largest absolute Gasteiger partial charge is 0.0776 e. The molecule has 0 saturated heterocycles. The van der Waals surface area contributed by atoms with Crippen LogP contribution in [0.1, 0.15) is 113 Å². The fourth-order valence-electron chi connectivity index (χ4n) is 0. The van der Waals surface area contributed by atoms with Crippen molar-refractivity contribution in [1.29, 1.82) is 0 Å². The van der Waals surface area contributed by atoms with E-state index < -0.39 is 0 Å². The van der Waals surface area contributed by atoms with Crippen molar-refractivity contribution in [1.82, 2.24) is 0 Å². The van der Waals surface area contributed by atoms with Crippen LogP contribution in [-0.4, -0.2) is 0 Å². The Morgan fingerprint density at radius 3 is 0.375 bits per heavy atom. The van der Waals surface area contributed by atoms with Gasteiger partial charge in [0.1, 0.15) is 0 Å². The van der Waals surface area contributed by atoms with E-state index in [1.165, 1.54) is 25.7 Å². The van der Waals surface area contributed by atoms with Gasteiger partial charge in [0.2, 0.25) is 0 Å². The molecule has 0 radical (unpaired) electrons. The van der Waals surface area contributed by atoms with Crippen LogP contribution in [0.4, 0.5) is 0 Å². The van der Waals surface area contributed by atoms with Gasteiger partial charge in [-0.05, 0) is 0 Å². The Morgan fingerprint density at radius 1 is 0.312 bits per heavy atom. The third-order valence-electron chi connectivity index (χ3n) is 1.000. The van der Waals surface area contributed by atoms with Gasteiger partial charge in [-0.3, -0.25) is 0 Å². The first-order valence-electron chi connectivity index (χ1n) is 3.83. The third kappa shape index (κ3) is 592. The molecule has 0 spiro atoms. The molecule has 16 heavy (non-hydrogen) atoms. The van der Waals surface area contributed by atoms with Gasteiger partial charge in [-0.25, -0.2) is 0 Å². The topological polar surface area (TPSA) is 0 Å². The van der Waals surface area contributed by atoms with Gasteiger partial charge in [-0.1, -0.05) is 113 Å². The van der Waals surface area contributed by atoms with Crippen LogP contribution in [0.15, 0.2) is 0 Å². The van der Waals surface area contributed by atoms with E-state index in [0.29, 0.717) is 0 Å². The first-order valence-corrected chi connectivity index (χ1v) is 3.83. The highest BCUT2D eigenvalue weighted by Crippen LogP contribution is 1.77. The first-order chi connectivity index (χ1) is 3.83. The number of hydrogen-bond donors (Lipinski definition) is 0. The van der Waals surface area contributed by atoms with Gasteiger partial charge in [0.15, 0.2) is 0 Å². The van der Waals surface area contributed by atoms with Crippen molar-refractivity contribution in [3.8, 4) is 0 Å². The van der Waals surface area contributed by atoms with Gasteiger partial charge in [0.05, 0.1) is 0 Å². The molecule has 0 unspecified atom stereocenters. The summed E-state index contributed by atoms with van der Waals surface area (Å²) in [4.78, 5) is 0. The molecule has 0 aromatic rings. The van der Waals surface area contributed by atoms with Crippen molar-refractivity contribution < 1.29 is 0 Å². The maximum Gasteiger partial charge on any atom is -0.0564 e. The Hall–Kier alpha value is 0. The molecule has 0 amide bonds. The van der Waals surface area contributed by atoms with Gasteiger partial charge in [-0.2, -0.15) is 0 Å². The van der Waals surface area contributed by atoms with Crippen molar-refractivity contribution in [2.24, 2.45) is 0 Å². The average molecular weight is 245 g/mol. The van der Waals surface area contributed by atoms with Gasteiger partial charge in [0.25, 0.3) is 0 Å². The fourth-order valence-corrected chi connectivity index (χ4v) is 0. The number of hydrogen-bond acceptors (Lipinski definition) is 0. The van der Waals surface area contributed by atoms with E-state index in [-0.39, 0.29) is 59.4 Å². The second-order valence-electron chi connectivity index (χ2n) is 2.00. The van der Waals surface area contributed by atoms with Gasteiger partial charge in [-0.15, -0.1) is 0 Å². The Morgan fingerprint density at radius 2 is 0.375 bits per heavy atom. The predicted molar refractivity (Wildman–Crippen MR) is 95.0 cm³/mol. The molecular weight excluding hydrogens is 192 g/mol. The van der Waals surface area contributed by atoms with Gasteiger partial charge >= 0.3 is 0 Å².